The van der Waals surface area contributed by atoms with Gasteiger partial charge in [-0.15, -0.1) is 0 Å². The summed E-state index contributed by atoms with van der Waals surface area (Å²) in [6.07, 6.45) is 6.30. The predicted octanol–water partition coefficient (Wildman–Crippen LogP) is 3.40. The molecule has 3 rings (SSSR count). The summed E-state index contributed by atoms with van der Waals surface area (Å²) < 4.78 is 5.26. The molecule has 0 spiro atoms. The molecule has 4 heteroatoms. The molecule has 1 fully saturated rings. The molecule has 1 heterocycles. The minimum atomic E-state index is -0.0933. The van der Waals surface area contributed by atoms with Crippen LogP contribution >= 0.6 is 0 Å². The van der Waals surface area contributed by atoms with Gasteiger partial charge in [-0.2, -0.15) is 0 Å². The first-order valence-electron chi connectivity index (χ1n) is 7.91. The number of nitrogens with one attached hydrogen (secondary N) is 1. The van der Waals surface area contributed by atoms with Crippen molar-refractivity contribution >= 4 is 5.91 Å². The van der Waals surface area contributed by atoms with Gasteiger partial charge >= 0.3 is 0 Å². The van der Waals surface area contributed by atoms with Crippen LogP contribution in [0.4, 0.5) is 0 Å². The van der Waals surface area contributed by atoms with E-state index in [0.29, 0.717) is 23.8 Å². The molecule has 1 unspecified atom stereocenters. The minimum absolute atomic E-state index is 0.0624. The van der Waals surface area contributed by atoms with Crippen molar-refractivity contribution in [1.29, 1.82) is 0 Å². The lowest BCUT2D eigenvalue weighted by Crippen LogP contribution is -2.32. The topological polar surface area (TPSA) is 68.3 Å². The van der Waals surface area contributed by atoms with Gasteiger partial charge in [0.15, 0.2) is 0 Å². The number of furan rings is 1. The van der Waals surface area contributed by atoms with Crippen LogP contribution in [-0.2, 0) is 6.54 Å². The highest BCUT2D eigenvalue weighted by molar-refractivity contribution is 5.94. The Balaban J connectivity index is 1.78. The van der Waals surface area contributed by atoms with Crippen LogP contribution in [0, 0.1) is 5.92 Å². The average Bonchev–Trinajstić information content (AvgIpc) is 3.24. The van der Waals surface area contributed by atoms with E-state index >= 15 is 0 Å². The largest absolute Gasteiger partial charge is 0.467 e. The second kappa shape index (κ2) is 6.79. The van der Waals surface area contributed by atoms with Crippen molar-refractivity contribution in [1.82, 2.24) is 5.32 Å². The van der Waals surface area contributed by atoms with Crippen LogP contribution in [0.25, 0.3) is 0 Å². The molecule has 1 aromatic heterocycles. The van der Waals surface area contributed by atoms with Crippen LogP contribution in [-0.4, -0.2) is 5.91 Å². The van der Waals surface area contributed by atoms with Crippen molar-refractivity contribution in [3.8, 4) is 0 Å². The van der Waals surface area contributed by atoms with Crippen molar-refractivity contribution in [3.05, 3.63) is 59.5 Å². The Morgan fingerprint density at radius 1 is 1.27 bits per heavy atom. The van der Waals surface area contributed by atoms with Gasteiger partial charge in [0.2, 0.25) is 0 Å². The molecule has 0 bridgehead atoms. The number of hydrogen-bond acceptors (Lipinski definition) is 3. The van der Waals surface area contributed by atoms with Gasteiger partial charge in [0.1, 0.15) is 12.0 Å². The fourth-order valence-corrected chi connectivity index (χ4v) is 3.26. The molecule has 1 atom stereocenters. The molecule has 1 saturated carbocycles. The van der Waals surface area contributed by atoms with E-state index in [0.717, 1.165) is 0 Å². The average molecular weight is 298 g/mol. The van der Waals surface area contributed by atoms with Crippen LogP contribution in [0.15, 0.2) is 47.1 Å². The van der Waals surface area contributed by atoms with Crippen molar-refractivity contribution in [2.24, 2.45) is 11.7 Å². The molecule has 1 aliphatic carbocycles. The Morgan fingerprint density at radius 3 is 2.64 bits per heavy atom. The molecule has 0 saturated heterocycles. The van der Waals surface area contributed by atoms with Crippen molar-refractivity contribution in [3.63, 3.8) is 0 Å². The van der Waals surface area contributed by atoms with Crippen LogP contribution < -0.4 is 11.1 Å². The zero-order valence-electron chi connectivity index (χ0n) is 12.6. The van der Waals surface area contributed by atoms with Gasteiger partial charge in [-0.25, -0.2) is 0 Å². The second-order valence-corrected chi connectivity index (χ2v) is 5.91. The summed E-state index contributed by atoms with van der Waals surface area (Å²) in [5, 5.41) is 3.19. The van der Waals surface area contributed by atoms with Crippen LogP contribution in [0.5, 0.6) is 0 Å². The molecule has 0 radical (unpaired) electrons. The van der Waals surface area contributed by atoms with Gasteiger partial charge in [0.05, 0.1) is 18.2 Å². The Hall–Kier alpha value is -2.07. The number of carbonyl (C=O) groups excluding carboxylic acids is 1. The van der Waals surface area contributed by atoms with Gasteiger partial charge in [0, 0.05) is 0 Å². The zero-order valence-corrected chi connectivity index (χ0v) is 12.6. The van der Waals surface area contributed by atoms with Crippen LogP contribution in [0.3, 0.4) is 0 Å². The van der Waals surface area contributed by atoms with E-state index in [2.05, 4.69) is 17.4 Å². The molecule has 1 aliphatic rings. The Kier molecular flexibility index (Phi) is 4.59. The highest BCUT2D eigenvalue weighted by Gasteiger charge is 2.28. The lowest BCUT2D eigenvalue weighted by Gasteiger charge is -2.25. The quantitative estimate of drug-likeness (QED) is 0.889. The fraction of sp³-hybridized carbons (Fsp3) is 0.389. The van der Waals surface area contributed by atoms with E-state index in [4.69, 9.17) is 10.2 Å². The summed E-state index contributed by atoms with van der Waals surface area (Å²) in [7, 11) is 0. The predicted molar refractivity (Wildman–Crippen MR) is 85.2 cm³/mol. The molecule has 1 aromatic carbocycles. The number of benzene rings is 1. The van der Waals surface area contributed by atoms with Crippen molar-refractivity contribution < 1.29 is 9.21 Å². The molecule has 22 heavy (non-hydrogen) atoms. The maximum Gasteiger partial charge on any atom is 0.255 e. The van der Waals surface area contributed by atoms with E-state index in [1.165, 1.54) is 37.5 Å². The first-order valence-corrected chi connectivity index (χ1v) is 7.91. The number of hydrogen-bond donors (Lipinski definition) is 2. The van der Waals surface area contributed by atoms with Gasteiger partial charge in [-0.1, -0.05) is 43.2 Å². The van der Waals surface area contributed by atoms with Crippen LogP contribution in [0.1, 0.15) is 53.4 Å². The van der Waals surface area contributed by atoms with E-state index < -0.39 is 0 Å². The third-order valence-corrected chi connectivity index (χ3v) is 4.43. The van der Waals surface area contributed by atoms with E-state index in [1.807, 2.05) is 18.2 Å². The molecule has 1 amide bonds. The standard InChI is InChI=1S/C18H22N2O2/c19-11-16-10-15(12-22-16)18(21)20-17(14-8-4-5-9-14)13-6-2-1-3-7-13/h1-3,6-7,10,12,14,17H,4-5,8-9,11,19H2,(H,20,21). The zero-order chi connectivity index (χ0) is 15.4. The molecule has 4 nitrogen and oxygen atoms in total. The van der Waals surface area contributed by atoms with E-state index in [-0.39, 0.29) is 11.9 Å². The fourth-order valence-electron chi connectivity index (χ4n) is 3.26. The Morgan fingerprint density at radius 2 is 2.00 bits per heavy atom. The third kappa shape index (κ3) is 3.22. The maximum absolute atomic E-state index is 12.5. The SMILES string of the molecule is NCc1cc(C(=O)NC(c2ccccc2)C2CCCC2)co1. The molecular formula is C18H22N2O2. The van der Waals surface area contributed by atoms with Gasteiger partial charge in [0.25, 0.3) is 5.91 Å². The number of carbonyl (C=O) groups is 1. The first kappa shape index (κ1) is 14.9. The normalized spacial score (nSPS) is 16.6. The number of amides is 1. The summed E-state index contributed by atoms with van der Waals surface area (Å²) in [6, 6.07) is 12.0. The lowest BCUT2D eigenvalue weighted by molar-refractivity contribution is 0.0921. The molecule has 3 N–H and O–H groups in total. The van der Waals surface area contributed by atoms with Gasteiger partial charge in [-0.3, -0.25) is 4.79 Å². The van der Waals surface area contributed by atoms with Gasteiger partial charge in [-0.05, 0) is 30.4 Å². The van der Waals surface area contributed by atoms with E-state index in [9.17, 15) is 4.79 Å². The lowest BCUT2D eigenvalue weighted by atomic mass is 9.91. The Labute approximate surface area is 130 Å². The highest BCUT2D eigenvalue weighted by atomic mass is 16.3. The van der Waals surface area contributed by atoms with Crippen LogP contribution in [0.2, 0.25) is 0 Å². The number of nitrogens with two attached hydrogens (primary N) is 1. The van der Waals surface area contributed by atoms with Gasteiger partial charge < -0.3 is 15.5 Å². The second-order valence-electron chi connectivity index (χ2n) is 5.91. The summed E-state index contributed by atoms with van der Waals surface area (Å²) in [5.74, 6) is 1.04. The summed E-state index contributed by atoms with van der Waals surface area (Å²) in [5.41, 5.74) is 7.24. The van der Waals surface area contributed by atoms with Crippen molar-refractivity contribution in [2.45, 2.75) is 38.3 Å². The minimum Gasteiger partial charge on any atom is -0.467 e. The first-order chi connectivity index (χ1) is 10.8. The summed E-state index contributed by atoms with van der Waals surface area (Å²) in [4.78, 5) is 12.5. The molecular weight excluding hydrogens is 276 g/mol. The summed E-state index contributed by atoms with van der Waals surface area (Å²) >= 11 is 0. The highest BCUT2D eigenvalue weighted by Crippen LogP contribution is 2.35. The smallest absolute Gasteiger partial charge is 0.255 e. The Bertz CT molecular complexity index is 615. The summed E-state index contributed by atoms with van der Waals surface area (Å²) in [6.45, 7) is 0.304. The van der Waals surface area contributed by atoms with Crippen molar-refractivity contribution in [2.75, 3.05) is 0 Å². The van der Waals surface area contributed by atoms with E-state index in [1.54, 1.807) is 6.07 Å². The maximum atomic E-state index is 12.5. The molecule has 116 valence electrons. The number of rotatable bonds is 5. The molecule has 2 aromatic rings. The monoisotopic (exact) mass is 298 g/mol. The third-order valence-electron chi connectivity index (χ3n) is 4.43. The molecule has 0 aliphatic heterocycles.